The lowest BCUT2D eigenvalue weighted by Crippen LogP contribution is -2.08. The Morgan fingerprint density at radius 3 is 2.26 bits per heavy atom. The Balaban J connectivity index is 1.60. The first kappa shape index (κ1) is 23.0. The van der Waals surface area contributed by atoms with Crippen molar-refractivity contribution < 1.29 is 17.9 Å². The van der Waals surface area contributed by atoms with Crippen molar-refractivity contribution in [3.05, 3.63) is 96.7 Å². The van der Waals surface area contributed by atoms with E-state index in [0.29, 0.717) is 11.4 Å². The lowest BCUT2D eigenvalue weighted by Gasteiger charge is -2.04. The van der Waals surface area contributed by atoms with Gasteiger partial charge in [0.15, 0.2) is 9.84 Å². The van der Waals surface area contributed by atoms with Gasteiger partial charge in [-0.2, -0.15) is 5.10 Å². The number of hydrogen-bond donors (Lipinski definition) is 1. The number of methoxy groups -OCH3 is 1. The molecule has 0 aliphatic heterocycles. The number of aromatic nitrogens is 2. The molecular formula is C26H23N3O4S. The molecule has 0 fully saturated rings. The monoisotopic (exact) mass is 473 g/mol. The zero-order valence-corrected chi connectivity index (χ0v) is 19.5. The van der Waals surface area contributed by atoms with Crippen LogP contribution in [0.1, 0.15) is 5.56 Å². The number of carbonyl (C=O) groups is 1. The summed E-state index contributed by atoms with van der Waals surface area (Å²) >= 11 is 0. The largest absolute Gasteiger partial charge is 0.497 e. The van der Waals surface area contributed by atoms with Crippen LogP contribution in [-0.4, -0.2) is 37.5 Å². The van der Waals surface area contributed by atoms with E-state index in [2.05, 4.69) is 5.32 Å². The van der Waals surface area contributed by atoms with Crippen molar-refractivity contribution in [1.82, 2.24) is 9.78 Å². The van der Waals surface area contributed by atoms with Crippen LogP contribution in [0.25, 0.3) is 23.0 Å². The minimum absolute atomic E-state index is 0.193. The second-order valence-corrected chi connectivity index (χ2v) is 9.58. The average molecular weight is 474 g/mol. The molecule has 3 aromatic carbocycles. The molecule has 0 radical (unpaired) electrons. The molecule has 1 aromatic heterocycles. The first-order chi connectivity index (χ1) is 16.3. The Kier molecular flexibility index (Phi) is 6.60. The Morgan fingerprint density at radius 1 is 0.971 bits per heavy atom. The first-order valence-corrected chi connectivity index (χ1v) is 12.3. The SMILES string of the molecule is COc1ccc(-c2nn(-c3ccccc3)cc2/C=C/C(=O)Nc2ccc(S(C)(=O)=O)cc2)cc1. The molecule has 0 aliphatic rings. The van der Waals surface area contributed by atoms with E-state index in [1.807, 2.05) is 60.8 Å². The molecule has 4 aromatic rings. The third-order valence-electron chi connectivity index (χ3n) is 5.09. The van der Waals surface area contributed by atoms with Gasteiger partial charge < -0.3 is 10.1 Å². The van der Waals surface area contributed by atoms with E-state index >= 15 is 0 Å². The normalized spacial score (nSPS) is 11.5. The molecular weight excluding hydrogens is 450 g/mol. The quantitative estimate of drug-likeness (QED) is 0.396. The number of amides is 1. The smallest absolute Gasteiger partial charge is 0.248 e. The third-order valence-corrected chi connectivity index (χ3v) is 6.22. The van der Waals surface area contributed by atoms with Crippen LogP contribution in [0.4, 0.5) is 5.69 Å². The highest BCUT2D eigenvalue weighted by atomic mass is 32.2. The number of para-hydroxylation sites is 1. The van der Waals surface area contributed by atoms with Gasteiger partial charge in [-0.15, -0.1) is 0 Å². The fourth-order valence-corrected chi connectivity index (χ4v) is 3.96. The highest BCUT2D eigenvalue weighted by Gasteiger charge is 2.12. The Morgan fingerprint density at radius 2 is 1.65 bits per heavy atom. The predicted molar refractivity (Wildman–Crippen MR) is 133 cm³/mol. The van der Waals surface area contributed by atoms with E-state index in [9.17, 15) is 13.2 Å². The lowest BCUT2D eigenvalue weighted by atomic mass is 10.1. The molecule has 1 amide bonds. The Hall–Kier alpha value is -4.17. The van der Waals surface area contributed by atoms with Gasteiger partial charge in [-0.25, -0.2) is 13.1 Å². The van der Waals surface area contributed by atoms with Gasteiger partial charge in [-0.1, -0.05) is 18.2 Å². The summed E-state index contributed by atoms with van der Waals surface area (Å²) in [6.45, 7) is 0. The number of benzene rings is 3. The Labute approximate surface area is 198 Å². The van der Waals surface area contributed by atoms with Crippen LogP contribution in [0.15, 0.2) is 96.0 Å². The van der Waals surface area contributed by atoms with E-state index in [4.69, 9.17) is 9.84 Å². The molecule has 0 saturated carbocycles. The van der Waals surface area contributed by atoms with Gasteiger partial charge in [0.05, 0.1) is 23.4 Å². The fourth-order valence-electron chi connectivity index (χ4n) is 3.33. The highest BCUT2D eigenvalue weighted by molar-refractivity contribution is 7.90. The lowest BCUT2D eigenvalue weighted by molar-refractivity contribution is -0.111. The van der Waals surface area contributed by atoms with E-state index in [0.717, 1.165) is 28.8 Å². The van der Waals surface area contributed by atoms with Crippen molar-refractivity contribution in [2.75, 3.05) is 18.7 Å². The highest BCUT2D eigenvalue weighted by Crippen LogP contribution is 2.27. The van der Waals surface area contributed by atoms with Gasteiger partial charge >= 0.3 is 0 Å². The van der Waals surface area contributed by atoms with Gasteiger partial charge in [-0.05, 0) is 66.7 Å². The molecule has 0 saturated heterocycles. The summed E-state index contributed by atoms with van der Waals surface area (Å²) in [5.41, 5.74) is 3.75. The summed E-state index contributed by atoms with van der Waals surface area (Å²) in [7, 11) is -1.68. The van der Waals surface area contributed by atoms with Crippen LogP contribution in [-0.2, 0) is 14.6 Å². The molecule has 172 valence electrons. The van der Waals surface area contributed by atoms with E-state index in [-0.39, 0.29) is 10.8 Å². The molecule has 0 spiro atoms. The molecule has 4 rings (SSSR count). The minimum Gasteiger partial charge on any atom is -0.497 e. The minimum atomic E-state index is -3.29. The second kappa shape index (κ2) is 9.76. The van der Waals surface area contributed by atoms with Crippen molar-refractivity contribution in [2.24, 2.45) is 0 Å². The zero-order chi connectivity index (χ0) is 24.1. The third kappa shape index (κ3) is 5.41. The van der Waals surface area contributed by atoms with Crippen molar-refractivity contribution in [3.63, 3.8) is 0 Å². The number of nitrogens with one attached hydrogen (secondary N) is 1. The van der Waals surface area contributed by atoms with Gasteiger partial charge in [0.25, 0.3) is 0 Å². The van der Waals surface area contributed by atoms with E-state index in [1.165, 1.54) is 18.2 Å². The molecule has 7 nitrogen and oxygen atoms in total. The summed E-state index contributed by atoms with van der Waals surface area (Å²) in [5, 5.41) is 7.48. The number of ether oxygens (including phenoxy) is 1. The fraction of sp³-hybridized carbons (Fsp3) is 0.0769. The summed E-state index contributed by atoms with van der Waals surface area (Å²) in [6.07, 6.45) is 6.12. The summed E-state index contributed by atoms with van der Waals surface area (Å²) < 4.78 is 30.2. The average Bonchev–Trinajstić information content (AvgIpc) is 3.27. The van der Waals surface area contributed by atoms with Gasteiger partial charge in [0, 0.05) is 35.3 Å². The van der Waals surface area contributed by atoms with Crippen LogP contribution in [0.2, 0.25) is 0 Å². The number of hydrogen-bond acceptors (Lipinski definition) is 5. The topological polar surface area (TPSA) is 90.3 Å². The van der Waals surface area contributed by atoms with Crippen molar-refractivity contribution in [3.8, 4) is 22.7 Å². The van der Waals surface area contributed by atoms with E-state index in [1.54, 1.807) is 30.0 Å². The van der Waals surface area contributed by atoms with Crippen molar-refractivity contribution in [1.29, 1.82) is 0 Å². The molecule has 8 heteroatoms. The number of sulfone groups is 1. The maximum atomic E-state index is 12.5. The molecule has 34 heavy (non-hydrogen) atoms. The molecule has 1 N–H and O–H groups in total. The van der Waals surface area contributed by atoms with Crippen LogP contribution in [0.5, 0.6) is 5.75 Å². The maximum absolute atomic E-state index is 12.5. The molecule has 0 unspecified atom stereocenters. The molecule has 0 atom stereocenters. The first-order valence-electron chi connectivity index (χ1n) is 10.4. The number of anilines is 1. The van der Waals surface area contributed by atoms with Gasteiger partial charge in [0.2, 0.25) is 5.91 Å². The van der Waals surface area contributed by atoms with Crippen LogP contribution >= 0.6 is 0 Å². The second-order valence-electron chi connectivity index (χ2n) is 7.56. The molecule has 0 aliphatic carbocycles. The molecule has 1 heterocycles. The standard InChI is InChI=1S/C26H23N3O4S/c1-33-23-13-8-19(9-14-23)26-20(18-29(28-26)22-6-4-3-5-7-22)10-17-25(30)27-21-11-15-24(16-12-21)34(2,31)32/h3-18H,1-2H3,(H,27,30)/b17-10+. The van der Waals surface area contributed by atoms with Crippen molar-refractivity contribution in [2.45, 2.75) is 4.90 Å². The van der Waals surface area contributed by atoms with Gasteiger partial charge in [0.1, 0.15) is 5.75 Å². The Bertz CT molecular complexity index is 1420. The van der Waals surface area contributed by atoms with Crippen LogP contribution in [0.3, 0.4) is 0 Å². The van der Waals surface area contributed by atoms with Crippen LogP contribution in [0, 0.1) is 0 Å². The van der Waals surface area contributed by atoms with E-state index < -0.39 is 9.84 Å². The maximum Gasteiger partial charge on any atom is 0.248 e. The molecule has 0 bridgehead atoms. The predicted octanol–water partition coefficient (Wildman–Crippen LogP) is 4.60. The number of carbonyl (C=O) groups excluding carboxylic acids is 1. The van der Waals surface area contributed by atoms with Gasteiger partial charge in [-0.3, -0.25) is 4.79 Å². The zero-order valence-electron chi connectivity index (χ0n) is 18.7. The summed E-state index contributed by atoms with van der Waals surface area (Å²) in [6, 6.07) is 23.3. The number of nitrogens with zero attached hydrogens (tertiary/aromatic N) is 2. The van der Waals surface area contributed by atoms with Crippen molar-refractivity contribution >= 4 is 27.5 Å². The van der Waals surface area contributed by atoms with Crippen LogP contribution < -0.4 is 10.1 Å². The summed E-state index contributed by atoms with van der Waals surface area (Å²) in [5.74, 6) is 0.393. The summed E-state index contributed by atoms with van der Waals surface area (Å²) in [4.78, 5) is 12.7. The number of rotatable bonds is 7.